The fraction of sp³-hybridized carbons (Fsp3) is 0.278. The number of H-pyrrole nitrogens is 1. The highest BCUT2D eigenvalue weighted by atomic mass is 32.2. The fourth-order valence-electron chi connectivity index (χ4n) is 2.72. The number of nitrogens with zero attached hydrogens (tertiary/aromatic N) is 2. The highest BCUT2D eigenvalue weighted by Crippen LogP contribution is 2.28. The van der Waals surface area contributed by atoms with Crippen LogP contribution in [0.25, 0.3) is 0 Å². The average molecular weight is 387 g/mol. The molecule has 3 rings (SSSR count). The number of benzene rings is 1. The van der Waals surface area contributed by atoms with Crippen molar-refractivity contribution in [2.45, 2.75) is 18.0 Å². The van der Waals surface area contributed by atoms with Crippen LogP contribution in [0.5, 0.6) is 0 Å². The summed E-state index contributed by atoms with van der Waals surface area (Å²) in [4.78, 5) is 55.5. The first kappa shape index (κ1) is 18.8. The van der Waals surface area contributed by atoms with Gasteiger partial charge in [0.1, 0.15) is 0 Å². The van der Waals surface area contributed by atoms with Crippen molar-refractivity contribution in [3.8, 4) is 0 Å². The van der Waals surface area contributed by atoms with Gasteiger partial charge in [-0.05, 0) is 23.8 Å². The van der Waals surface area contributed by atoms with Crippen LogP contribution in [-0.2, 0) is 27.2 Å². The molecule has 2 aromatic rings. The number of rotatable bonds is 6. The number of nitrogens with one attached hydrogen (secondary N) is 1. The normalized spacial score (nSPS) is 12.8. The van der Waals surface area contributed by atoms with Crippen molar-refractivity contribution in [2.24, 2.45) is 0 Å². The lowest BCUT2D eigenvalue weighted by atomic mass is 10.1. The van der Waals surface area contributed by atoms with Gasteiger partial charge in [0.2, 0.25) is 5.91 Å². The van der Waals surface area contributed by atoms with Crippen molar-refractivity contribution in [1.29, 1.82) is 0 Å². The lowest BCUT2D eigenvalue weighted by Crippen LogP contribution is -2.20. The third-order valence-electron chi connectivity index (χ3n) is 4.14. The van der Waals surface area contributed by atoms with Crippen molar-refractivity contribution in [2.75, 3.05) is 24.8 Å². The van der Waals surface area contributed by atoms with E-state index in [0.717, 1.165) is 23.0 Å². The Kier molecular flexibility index (Phi) is 5.41. The van der Waals surface area contributed by atoms with E-state index in [-0.39, 0.29) is 41.1 Å². The molecule has 0 unspecified atom stereocenters. The van der Waals surface area contributed by atoms with Crippen LogP contribution in [-0.4, -0.2) is 47.5 Å². The van der Waals surface area contributed by atoms with Gasteiger partial charge in [-0.2, -0.15) is 0 Å². The number of amides is 1. The number of carbonyl (C=O) groups is 3. The van der Waals surface area contributed by atoms with E-state index in [1.165, 1.54) is 13.2 Å². The van der Waals surface area contributed by atoms with Crippen molar-refractivity contribution >= 4 is 35.1 Å². The third-order valence-corrected chi connectivity index (χ3v) is 5.02. The number of ketones is 1. The number of esters is 1. The molecule has 0 spiro atoms. The number of aromatic nitrogens is 2. The minimum Gasteiger partial charge on any atom is -0.469 e. The molecule has 0 fully saturated rings. The predicted molar refractivity (Wildman–Crippen MR) is 99.2 cm³/mol. The molecule has 0 aliphatic carbocycles. The minimum atomic E-state index is -0.502. The van der Waals surface area contributed by atoms with E-state index in [9.17, 15) is 19.2 Å². The van der Waals surface area contributed by atoms with Crippen LogP contribution >= 0.6 is 11.8 Å². The number of carbonyl (C=O) groups excluding carboxylic acids is 3. The van der Waals surface area contributed by atoms with Crippen LogP contribution in [0, 0.1) is 0 Å². The summed E-state index contributed by atoms with van der Waals surface area (Å²) in [7, 11) is 2.96. The van der Waals surface area contributed by atoms with Crippen LogP contribution in [0.4, 0.5) is 5.69 Å². The largest absolute Gasteiger partial charge is 0.469 e. The summed E-state index contributed by atoms with van der Waals surface area (Å²) >= 11 is 1.08. The zero-order chi connectivity index (χ0) is 19.6. The van der Waals surface area contributed by atoms with Crippen molar-refractivity contribution in [3.05, 3.63) is 51.4 Å². The highest BCUT2D eigenvalue weighted by molar-refractivity contribution is 7.99. The van der Waals surface area contributed by atoms with E-state index < -0.39 is 11.5 Å². The van der Waals surface area contributed by atoms with Crippen LogP contribution in [0.2, 0.25) is 0 Å². The monoisotopic (exact) mass is 387 g/mol. The Morgan fingerprint density at radius 3 is 2.81 bits per heavy atom. The first-order valence-corrected chi connectivity index (χ1v) is 9.08. The first-order valence-electron chi connectivity index (χ1n) is 8.10. The summed E-state index contributed by atoms with van der Waals surface area (Å²) in [5.74, 6) is -0.593. The second-order valence-electron chi connectivity index (χ2n) is 5.98. The fourth-order valence-corrected chi connectivity index (χ4v) is 3.51. The van der Waals surface area contributed by atoms with E-state index in [1.807, 2.05) is 0 Å². The molecule has 0 saturated carbocycles. The molecule has 0 bridgehead atoms. The van der Waals surface area contributed by atoms with Crippen LogP contribution in [0.15, 0.2) is 34.2 Å². The van der Waals surface area contributed by atoms with E-state index in [1.54, 1.807) is 30.1 Å². The minimum absolute atomic E-state index is 0.00632. The topological polar surface area (TPSA) is 109 Å². The maximum Gasteiger partial charge on any atom is 0.311 e. The molecule has 1 amide bonds. The Hall–Kier alpha value is -2.94. The Bertz CT molecular complexity index is 985. The molecule has 1 N–H and O–H groups in total. The number of ether oxygens (including phenoxy) is 1. The molecular weight excluding hydrogens is 370 g/mol. The SMILES string of the molecule is COC(=O)Cc1cc(=O)[nH]c(SCC(=O)c2ccc3c(c2)CC(=O)N3C)n1. The van der Waals surface area contributed by atoms with Gasteiger partial charge in [-0.25, -0.2) is 4.98 Å². The number of methoxy groups -OCH3 is 1. The van der Waals surface area contributed by atoms with Gasteiger partial charge in [0.15, 0.2) is 10.9 Å². The van der Waals surface area contributed by atoms with Gasteiger partial charge < -0.3 is 14.6 Å². The number of aromatic amines is 1. The molecule has 8 nitrogen and oxygen atoms in total. The summed E-state index contributed by atoms with van der Waals surface area (Å²) in [5.41, 5.74) is 2.01. The smallest absolute Gasteiger partial charge is 0.311 e. The quantitative estimate of drug-likeness (QED) is 0.340. The number of anilines is 1. The molecule has 1 aromatic heterocycles. The zero-order valence-electron chi connectivity index (χ0n) is 14.8. The second kappa shape index (κ2) is 7.75. The molecule has 0 atom stereocenters. The molecular formula is C18H17N3O5S. The summed E-state index contributed by atoms with van der Waals surface area (Å²) in [6.45, 7) is 0. The van der Waals surface area contributed by atoms with Gasteiger partial charge in [0, 0.05) is 24.4 Å². The molecule has 2 heterocycles. The second-order valence-corrected chi connectivity index (χ2v) is 6.94. The van der Waals surface area contributed by atoms with Gasteiger partial charge in [0.05, 0.1) is 31.4 Å². The molecule has 1 aromatic carbocycles. The van der Waals surface area contributed by atoms with E-state index >= 15 is 0 Å². The molecule has 27 heavy (non-hydrogen) atoms. The maximum absolute atomic E-state index is 12.5. The van der Waals surface area contributed by atoms with Crippen LogP contribution in [0.3, 0.4) is 0 Å². The van der Waals surface area contributed by atoms with Gasteiger partial charge in [0.25, 0.3) is 5.56 Å². The zero-order valence-corrected chi connectivity index (χ0v) is 15.6. The Balaban J connectivity index is 1.69. The standard InChI is InChI=1S/C18H17N3O5S/c1-21-13-4-3-10(5-11(13)6-16(21)24)14(22)9-27-18-19-12(7-15(23)20-18)8-17(25)26-2/h3-5,7H,6,8-9H2,1-2H3,(H,19,20,23). The molecule has 1 aliphatic rings. The number of Topliss-reactive ketones (excluding diaryl/α,β-unsaturated/α-hetero) is 1. The lowest BCUT2D eigenvalue weighted by Gasteiger charge is -2.10. The van der Waals surface area contributed by atoms with Crippen molar-refractivity contribution in [3.63, 3.8) is 0 Å². The highest BCUT2D eigenvalue weighted by Gasteiger charge is 2.24. The van der Waals surface area contributed by atoms with Gasteiger partial charge in [-0.15, -0.1) is 0 Å². The Labute approximate surface area is 158 Å². The first-order chi connectivity index (χ1) is 12.9. The number of fused-ring (bicyclic) bond motifs is 1. The van der Waals surface area contributed by atoms with Crippen molar-refractivity contribution in [1.82, 2.24) is 9.97 Å². The van der Waals surface area contributed by atoms with Crippen molar-refractivity contribution < 1.29 is 19.1 Å². The summed E-state index contributed by atoms with van der Waals surface area (Å²) in [5, 5.41) is 0.255. The average Bonchev–Trinajstić information content (AvgIpc) is 2.92. The molecule has 140 valence electrons. The lowest BCUT2D eigenvalue weighted by molar-refractivity contribution is -0.139. The summed E-state index contributed by atoms with van der Waals surface area (Å²) in [6, 6.07) is 6.39. The molecule has 1 aliphatic heterocycles. The van der Waals surface area contributed by atoms with E-state index in [4.69, 9.17) is 0 Å². The molecule has 0 radical (unpaired) electrons. The predicted octanol–water partition coefficient (Wildman–Crippen LogP) is 0.979. The Morgan fingerprint density at radius 1 is 1.30 bits per heavy atom. The van der Waals surface area contributed by atoms with E-state index in [2.05, 4.69) is 14.7 Å². The van der Waals surface area contributed by atoms with Gasteiger partial charge in [-0.3, -0.25) is 19.2 Å². The summed E-state index contributed by atoms with van der Waals surface area (Å²) < 4.78 is 4.56. The number of hydrogen-bond acceptors (Lipinski definition) is 7. The maximum atomic E-state index is 12.5. The number of thioether (sulfide) groups is 1. The third kappa shape index (κ3) is 4.25. The van der Waals surface area contributed by atoms with Gasteiger partial charge in [-0.1, -0.05) is 11.8 Å². The van der Waals surface area contributed by atoms with Crippen LogP contribution in [0.1, 0.15) is 21.6 Å². The summed E-state index contributed by atoms with van der Waals surface area (Å²) in [6.07, 6.45) is 0.166. The number of likely N-dealkylation sites (N-methyl/N-ethyl adjacent to an activating group) is 1. The Morgan fingerprint density at radius 2 is 2.07 bits per heavy atom. The number of hydrogen-bond donors (Lipinski definition) is 1. The molecule has 0 saturated heterocycles. The van der Waals surface area contributed by atoms with Crippen LogP contribution < -0.4 is 10.5 Å². The molecule has 9 heteroatoms. The van der Waals surface area contributed by atoms with Gasteiger partial charge >= 0.3 is 5.97 Å². The van der Waals surface area contributed by atoms with E-state index in [0.29, 0.717) is 5.56 Å².